The first kappa shape index (κ1) is 10.0. The van der Waals surface area contributed by atoms with Crippen LogP contribution < -0.4 is 10.5 Å². The molecule has 0 saturated carbocycles. The maximum atomic E-state index is 5.53. The third-order valence-corrected chi connectivity index (χ3v) is 2.33. The summed E-state index contributed by atoms with van der Waals surface area (Å²) in [5.41, 5.74) is 6.32. The quantitative estimate of drug-likeness (QED) is 0.897. The Morgan fingerprint density at radius 1 is 1.40 bits per heavy atom. The molecule has 0 amide bonds. The van der Waals surface area contributed by atoms with Crippen LogP contribution in [0, 0.1) is 0 Å². The lowest BCUT2D eigenvalue weighted by Crippen LogP contribution is -1.95. The molecule has 0 fully saturated rings. The van der Waals surface area contributed by atoms with Gasteiger partial charge in [0.05, 0.1) is 5.69 Å². The first-order valence-corrected chi connectivity index (χ1v) is 5.21. The van der Waals surface area contributed by atoms with Crippen molar-refractivity contribution in [1.82, 2.24) is 10.2 Å². The van der Waals surface area contributed by atoms with Crippen molar-refractivity contribution in [2.75, 3.05) is 5.73 Å². The lowest BCUT2D eigenvalue weighted by atomic mass is 10.3. The summed E-state index contributed by atoms with van der Waals surface area (Å²) in [6.45, 7) is 0.431. The second-order valence-electron chi connectivity index (χ2n) is 3.06. The number of anilines is 1. The summed E-state index contributed by atoms with van der Waals surface area (Å²) in [5, 5.41) is 6.59. The van der Waals surface area contributed by atoms with Crippen molar-refractivity contribution in [2.24, 2.45) is 0 Å². The standard InChI is InChI=1S/C10H10BrN3O/c11-7-2-1-3-9(4-7)15-6-8-5-10(12)14-13-8/h1-5H,6H2,(H3,12,13,14). The van der Waals surface area contributed by atoms with E-state index < -0.39 is 0 Å². The van der Waals surface area contributed by atoms with Crippen molar-refractivity contribution in [3.05, 3.63) is 40.5 Å². The monoisotopic (exact) mass is 267 g/mol. The van der Waals surface area contributed by atoms with Crippen LogP contribution in [-0.2, 0) is 6.61 Å². The van der Waals surface area contributed by atoms with Gasteiger partial charge >= 0.3 is 0 Å². The molecule has 2 aromatic rings. The van der Waals surface area contributed by atoms with Crippen LogP contribution in [-0.4, -0.2) is 10.2 Å². The molecule has 5 heteroatoms. The Bertz CT molecular complexity index is 455. The summed E-state index contributed by atoms with van der Waals surface area (Å²) in [6, 6.07) is 9.41. The third kappa shape index (κ3) is 2.73. The minimum atomic E-state index is 0.431. The highest BCUT2D eigenvalue weighted by atomic mass is 79.9. The molecule has 0 aliphatic carbocycles. The van der Waals surface area contributed by atoms with Gasteiger partial charge in [-0.1, -0.05) is 22.0 Å². The van der Waals surface area contributed by atoms with Crippen LogP contribution in [0.25, 0.3) is 0 Å². The van der Waals surface area contributed by atoms with E-state index >= 15 is 0 Å². The van der Waals surface area contributed by atoms with Crippen molar-refractivity contribution in [3.63, 3.8) is 0 Å². The first-order chi connectivity index (χ1) is 7.24. The molecule has 0 atom stereocenters. The molecule has 15 heavy (non-hydrogen) atoms. The molecular weight excluding hydrogens is 258 g/mol. The minimum absolute atomic E-state index is 0.431. The van der Waals surface area contributed by atoms with E-state index in [0.29, 0.717) is 12.4 Å². The van der Waals surface area contributed by atoms with Gasteiger partial charge in [-0.3, -0.25) is 5.10 Å². The SMILES string of the molecule is Nc1cc(COc2cccc(Br)c2)[nH]n1. The lowest BCUT2D eigenvalue weighted by Gasteiger charge is -2.04. The van der Waals surface area contributed by atoms with E-state index in [4.69, 9.17) is 10.5 Å². The second-order valence-corrected chi connectivity index (χ2v) is 3.98. The summed E-state index contributed by atoms with van der Waals surface area (Å²) < 4.78 is 6.52. The number of benzene rings is 1. The summed E-state index contributed by atoms with van der Waals surface area (Å²) in [6.07, 6.45) is 0. The van der Waals surface area contributed by atoms with Crippen molar-refractivity contribution >= 4 is 21.7 Å². The normalized spacial score (nSPS) is 10.2. The van der Waals surface area contributed by atoms with Crippen molar-refractivity contribution in [1.29, 1.82) is 0 Å². The van der Waals surface area contributed by atoms with Gasteiger partial charge < -0.3 is 10.5 Å². The third-order valence-electron chi connectivity index (χ3n) is 1.84. The number of aromatic amines is 1. The van der Waals surface area contributed by atoms with Crippen LogP contribution in [0.1, 0.15) is 5.69 Å². The molecule has 0 radical (unpaired) electrons. The zero-order valence-electron chi connectivity index (χ0n) is 7.90. The number of H-pyrrole nitrogens is 1. The summed E-state index contributed by atoms with van der Waals surface area (Å²) in [4.78, 5) is 0. The van der Waals surface area contributed by atoms with Crippen LogP contribution in [0.15, 0.2) is 34.8 Å². The fourth-order valence-electron chi connectivity index (χ4n) is 1.17. The van der Waals surface area contributed by atoms with Crippen LogP contribution in [0.4, 0.5) is 5.82 Å². The number of hydrogen-bond acceptors (Lipinski definition) is 3. The van der Waals surface area contributed by atoms with Crippen LogP contribution in [0.5, 0.6) is 5.75 Å². The second kappa shape index (κ2) is 4.35. The van der Waals surface area contributed by atoms with E-state index in [9.17, 15) is 0 Å². The predicted octanol–water partition coefficient (Wildman–Crippen LogP) is 2.33. The summed E-state index contributed by atoms with van der Waals surface area (Å²) in [7, 11) is 0. The number of rotatable bonds is 3. The molecule has 1 heterocycles. The Morgan fingerprint density at radius 2 is 2.27 bits per heavy atom. The van der Waals surface area contributed by atoms with Crippen molar-refractivity contribution < 1.29 is 4.74 Å². The molecule has 4 nitrogen and oxygen atoms in total. The van der Waals surface area contributed by atoms with Gasteiger partial charge in [-0.15, -0.1) is 0 Å². The molecular formula is C10H10BrN3O. The highest BCUT2D eigenvalue weighted by Crippen LogP contribution is 2.18. The number of aromatic nitrogens is 2. The van der Waals surface area contributed by atoms with Gasteiger partial charge in [0.2, 0.25) is 0 Å². The number of nitrogen functional groups attached to an aromatic ring is 1. The highest BCUT2D eigenvalue weighted by molar-refractivity contribution is 9.10. The minimum Gasteiger partial charge on any atom is -0.487 e. The predicted molar refractivity (Wildman–Crippen MR) is 61.5 cm³/mol. The van der Waals surface area contributed by atoms with E-state index in [0.717, 1.165) is 15.9 Å². The fourth-order valence-corrected chi connectivity index (χ4v) is 1.55. The summed E-state index contributed by atoms with van der Waals surface area (Å²) >= 11 is 3.37. The molecule has 0 aliphatic heterocycles. The van der Waals surface area contributed by atoms with E-state index in [1.165, 1.54) is 0 Å². The van der Waals surface area contributed by atoms with Gasteiger partial charge in [0.15, 0.2) is 0 Å². The molecule has 2 rings (SSSR count). The van der Waals surface area contributed by atoms with Gasteiger partial charge in [0.25, 0.3) is 0 Å². The zero-order chi connectivity index (χ0) is 10.7. The van der Waals surface area contributed by atoms with E-state index in [1.807, 2.05) is 24.3 Å². The average molecular weight is 268 g/mol. The van der Waals surface area contributed by atoms with Crippen molar-refractivity contribution in [2.45, 2.75) is 6.61 Å². The van der Waals surface area contributed by atoms with Gasteiger partial charge in [0, 0.05) is 10.5 Å². The Kier molecular flexibility index (Phi) is 2.91. The van der Waals surface area contributed by atoms with Gasteiger partial charge in [0.1, 0.15) is 18.2 Å². The topological polar surface area (TPSA) is 63.9 Å². The molecule has 0 spiro atoms. The Labute approximate surface area is 95.6 Å². The van der Waals surface area contributed by atoms with Crippen LogP contribution in [0.2, 0.25) is 0 Å². The Hall–Kier alpha value is -1.49. The van der Waals surface area contributed by atoms with E-state index in [1.54, 1.807) is 6.07 Å². The highest BCUT2D eigenvalue weighted by Gasteiger charge is 1.99. The van der Waals surface area contributed by atoms with E-state index in [2.05, 4.69) is 26.1 Å². The van der Waals surface area contributed by atoms with Crippen LogP contribution >= 0.6 is 15.9 Å². The number of nitrogens with two attached hydrogens (primary N) is 1. The van der Waals surface area contributed by atoms with Gasteiger partial charge in [-0.05, 0) is 18.2 Å². The molecule has 78 valence electrons. The van der Waals surface area contributed by atoms with Crippen LogP contribution in [0.3, 0.4) is 0 Å². The molecule has 1 aromatic carbocycles. The molecule has 0 unspecified atom stereocenters. The molecule has 3 N–H and O–H groups in total. The van der Waals surface area contributed by atoms with E-state index in [-0.39, 0.29) is 0 Å². The maximum absolute atomic E-state index is 5.53. The fraction of sp³-hybridized carbons (Fsp3) is 0.100. The molecule has 0 bridgehead atoms. The Morgan fingerprint density at radius 3 is 2.93 bits per heavy atom. The first-order valence-electron chi connectivity index (χ1n) is 4.42. The maximum Gasteiger partial charge on any atom is 0.145 e. The lowest BCUT2D eigenvalue weighted by molar-refractivity contribution is 0.301. The molecule has 0 saturated heterocycles. The van der Waals surface area contributed by atoms with Gasteiger partial charge in [-0.25, -0.2) is 0 Å². The molecule has 0 aliphatic rings. The summed E-state index contributed by atoms with van der Waals surface area (Å²) in [5.74, 6) is 1.28. The molecule has 1 aromatic heterocycles. The Balaban J connectivity index is 1.99. The number of nitrogens with zero attached hydrogens (tertiary/aromatic N) is 1. The van der Waals surface area contributed by atoms with Crippen molar-refractivity contribution in [3.8, 4) is 5.75 Å². The number of halogens is 1. The number of nitrogens with one attached hydrogen (secondary N) is 1. The largest absolute Gasteiger partial charge is 0.487 e. The van der Waals surface area contributed by atoms with Gasteiger partial charge in [-0.2, -0.15) is 5.10 Å². The number of ether oxygens (including phenoxy) is 1. The average Bonchev–Trinajstić information content (AvgIpc) is 2.62. The zero-order valence-corrected chi connectivity index (χ0v) is 9.49. The number of hydrogen-bond donors (Lipinski definition) is 2. The smallest absolute Gasteiger partial charge is 0.145 e.